The summed E-state index contributed by atoms with van der Waals surface area (Å²) in [6, 6.07) is 3.21. The summed E-state index contributed by atoms with van der Waals surface area (Å²) < 4.78 is 5.25. The van der Waals surface area contributed by atoms with Crippen molar-refractivity contribution in [3.8, 4) is 11.5 Å². The van der Waals surface area contributed by atoms with Crippen LogP contribution < -0.4 is 4.74 Å². The summed E-state index contributed by atoms with van der Waals surface area (Å²) in [6.45, 7) is 5.81. The molecule has 3 heteroatoms. The van der Waals surface area contributed by atoms with E-state index in [0.29, 0.717) is 17.9 Å². The van der Waals surface area contributed by atoms with Gasteiger partial charge in [0.25, 0.3) is 0 Å². The number of phenols is 1. The third-order valence-corrected chi connectivity index (χ3v) is 2.24. The summed E-state index contributed by atoms with van der Waals surface area (Å²) in [5, 5.41) is 9.61. The number of carbonyl (C=O) groups excluding carboxylic acids is 1. The fourth-order valence-electron chi connectivity index (χ4n) is 1.50. The number of rotatable bonds is 4. The largest absolute Gasteiger partial charge is 0.504 e. The molecular weight excluding hydrogens is 192 g/mol. The van der Waals surface area contributed by atoms with Gasteiger partial charge < -0.3 is 9.84 Å². The van der Waals surface area contributed by atoms with E-state index in [1.54, 1.807) is 6.07 Å². The van der Waals surface area contributed by atoms with Crippen molar-refractivity contribution >= 4 is 5.78 Å². The molecule has 1 N–H and O–H groups in total. The van der Waals surface area contributed by atoms with Crippen LogP contribution in [0.15, 0.2) is 12.1 Å². The lowest BCUT2D eigenvalue weighted by Crippen LogP contribution is -2.01. The number of aryl methyl sites for hydroxylation is 1. The van der Waals surface area contributed by atoms with Crippen molar-refractivity contribution in [3.05, 3.63) is 23.3 Å². The number of ether oxygens (including phenoxy) is 1. The minimum Gasteiger partial charge on any atom is -0.504 e. The predicted octanol–water partition coefficient (Wildman–Crippen LogP) is 2.56. The van der Waals surface area contributed by atoms with Crippen LogP contribution in [0.2, 0.25) is 0 Å². The molecule has 0 aliphatic rings. The topological polar surface area (TPSA) is 46.5 Å². The molecule has 82 valence electrons. The van der Waals surface area contributed by atoms with Crippen molar-refractivity contribution in [1.82, 2.24) is 0 Å². The molecule has 0 saturated carbocycles. The molecular formula is C12H16O3. The normalized spacial score (nSPS) is 10.1. The van der Waals surface area contributed by atoms with E-state index < -0.39 is 0 Å². The monoisotopic (exact) mass is 208 g/mol. The molecule has 0 heterocycles. The summed E-state index contributed by atoms with van der Waals surface area (Å²) in [7, 11) is 0. The van der Waals surface area contributed by atoms with Gasteiger partial charge in [0.15, 0.2) is 17.3 Å². The third kappa shape index (κ3) is 2.49. The number of hydrogen-bond acceptors (Lipinski definition) is 3. The van der Waals surface area contributed by atoms with Crippen molar-refractivity contribution in [2.24, 2.45) is 0 Å². The van der Waals surface area contributed by atoms with Crippen LogP contribution in [0.3, 0.4) is 0 Å². The Morgan fingerprint density at radius 2 is 2.07 bits per heavy atom. The molecule has 0 aliphatic carbocycles. The molecule has 0 aliphatic heterocycles. The molecule has 0 aromatic heterocycles. The average molecular weight is 208 g/mol. The van der Waals surface area contributed by atoms with E-state index in [4.69, 9.17) is 4.74 Å². The fourth-order valence-corrected chi connectivity index (χ4v) is 1.50. The van der Waals surface area contributed by atoms with Gasteiger partial charge in [-0.05, 0) is 38.0 Å². The first-order chi connectivity index (χ1) is 7.10. The smallest absolute Gasteiger partial charge is 0.161 e. The number of phenolic OH excluding ortho intramolecular Hbond substituents is 1. The van der Waals surface area contributed by atoms with Crippen LogP contribution >= 0.6 is 0 Å². The Balaban J connectivity index is 3.22. The lowest BCUT2D eigenvalue weighted by atomic mass is 10.0. The van der Waals surface area contributed by atoms with Gasteiger partial charge in [-0.3, -0.25) is 4.79 Å². The van der Waals surface area contributed by atoms with Crippen molar-refractivity contribution in [3.63, 3.8) is 0 Å². The van der Waals surface area contributed by atoms with Gasteiger partial charge in [0, 0.05) is 5.56 Å². The molecule has 15 heavy (non-hydrogen) atoms. The predicted molar refractivity (Wildman–Crippen MR) is 58.7 cm³/mol. The highest BCUT2D eigenvalue weighted by Crippen LogP contribution is 2.30. The Morgan fingerprint density at radius 1 is 1.40 bits per heavy atom. The van der Waals surface area contributed by atoms with Gasteiger partial charge in [-0.1, -0.05) is 6.92 Å². The first-order valence-electron chi connectivity index (χ1n) is 5.09. The Labute approximate surface area is 89.7 Å². The Bertz CT molecular complexity index is 369. The molecule has 3 nitrogen and oxygen atoms in total. The highest BCUT2D eigenvalue weighted by Gasteiger charge is 2.11. The van der Waals surface area contributed by atoms with Gasteiger partial charge in [0.2, 0.25) is 0 Å². The van der Waals surface area contributed by atoms with Crippen molar-refractivity contribution in [2.75, 3.05) is 6.61 Å². The zero-order chi connectivity index (χ0) is 11.4. The second-order valence-corrected chi connectivity index (χ2v) is 3.32. The van der Waals surface area contributed by atoms with Crippen LogP contribution in [0.1, 0.15) is 36.7 Å². The number of hydrogen-bond donors (Lipinski definition) is 1. The fraction of sp³-hybridized carbons (Fsp3) is 0.417. The number of Topliss-reactive ketones (excluding diaryl/α,β-unsaturated/α-hetero) is 1. The van der Waals surface area contributed by atoms with Crippen molar-refractivity contribution in [1.29, 1.82) is 0 Å². The van der Waals surface area contributed by atoms with Crippen LogP contribution in [0.25, 0.3) is 0 Å². The van der Waals surface area contributed by atoms with Crippen LogP contribution in [0.4, 0.5) is 0 Å². The van der Waals surface area contributed by atoms with Gasteiger partial charge in [-0.15, -0.1) is 0 Å². The number of ketones is 1. The van der Waals surface area contributed by atoms with Gasteiger partial charge in [0.1, 0.15) is 0 Å². The Morgan fingerprint density at radius 3 is 2.53 bits per heavy atom. The summed E-state index contributed by atoms with van der Waals surface area (Å²) >= 11 is 0. The number of carbonyl (C=O) groups is 1. The van der Waals surface area contributed by atoms with E-state index in [1.807, 2.05) is 13.8 Å². The standard InChI is InChI=1S/C12H16O3/c1-4-9-6-12(15-5-2)11(14)7-10(9)8(3)13/h6-7,14H,4-5H2,1-3H3. The molecule has 0 unspecified atom stereocenters. The van der Waals surface area contributed by atoms with Gasteiger partial charge in [0.05, 0.1) is 6.61 Å². The lowest BCUT2D eigenvalue weighted by Gasteiger charge is -2.10. The maximum absolute atomic E-state index is 11.3. The van der Waals surface area contributed by atoms with E-state index >= 15 is 0 Å². The number of benzene rings is 1. The maximum Gasteiger partial charge on any atom is 0.161 e. The molecule has 0 atom stereocenters. The van der Waals surface area contributed by atoms with Crippen molar-refractivity contribution < 1.29 is 14.6 Å². The van der Waals surface area contributed by atoms with E-state index in [9.17, 15) is 9.90 Å². The van der Waals surface area contributed by atoms with Gasteiger partial charge in [-0.25, -0.2) is 0 Å². The molecule has 1 aromatic carbocycles. The summed E-state index contributed by atoms with van der Waals surface area (Å²) in [5.74, 6) is 0.434. The summed E-state index contributed by atoms with van der Waals surface area (Å²) in [5.41, 5.74) is 1.47. The first kappa shape index (κ1) is 11.6. The van der Waals surface area contributed by atoms with Crippen molar-refractivity contribution in [2.45, 2.75) is 27.2 Å². The highest BCUT2D eigenvalue weighted by atomic mass is 16.5. The molecule has 0 radical (unpaired) electrons. The van der Waals surface area contributed by atoms with Gasteiger partial charge >= 0.3 is 0 Å². The van der Waals surface area contributed by atoms with Crippen LogP contribution in [-0.2, 0) is 6.42 Å². The molecule has 0 fully saturated rings. The minimum absolute atomic E-state index is 0.0271. The second kappa shape index (κ2) is 4.82. The molecule has 0 spiro atoms. The molecule has 1 aromatic rings. The third-order valence-electron chi connectivity index (χ3n) is 2.24. The minimum atomic E-state index is -0.0369. The molecule has 0 bridgehead atoms. The Kier molecular flexibility index (Phi) is 3.72. The van der Waals surface area contributed by atoms with E-state index in [-0.39, 0.29) is 11.5 Å². The number of aromatic hydroxyl groups is 1. The second-order valence-electron chi connectivity index (χ2n) is 3.32. The van der Waals surface area contributed by atoms with E-state index in [0.717, 1.165) is 12.0 Å². The van der Waals surface area contributed by atoms with Gasteiger partial charge in [-0.2, -0.15) is 0 Å². The highest BCUT2D eigenvalue weighted by molar-refractivity contribution is 5.96. The molecule has 0 saturated heterocycles. The lowest BCUT2D eigenvalue weighted by molar-refractivity contribution is 0.101. The summed E-state index contributed by atoms with van der Waals surface area (Å²) in [6.07, 6.45) is 0.745. The van der Waals surface area contributed by atoms with E-state index in [1.165, 1.54) is 13.0 Å². The molecule has 0 amide bonds. The maximum atomic E-state index is 11.3. The van der Waals surface area contributed by atoms with E-state index in [2.05, 4.69) is 0 Å². The van der Waals surface area contributed by atoms with Crippen LogP contribution in [0.5, 0.6) is 11.5 Å². The summed E-state index contributed by atoms with van der Waals surface area (Å²) in [4.78, 5) is 11.3. The zero-order valence-corrected chi connectivity index (χ0v) is 9.33. The zero-order valence-electron chi connectivity index (χ0n) is 9.33. The average Bonchev–Trinajstić information content (AvgIpc) is 2.20. The van der Waals surface area contributed by atoms with Crippen LogP contribution in [0, 0.1) is 0 Å². The quantitative estimate of drug-likeness (QED) is 0.773. The SMILES string of the molecule is CCOc1cc(CC)c(C(C)=O)cc1O. The first-order valence-corrected chi connectivity index (χ1v) is 5.09. The Hall–Kier alpha value is -1.51. The van der Waals surface area contributed by atoms with Crippen LogP contribution in [-0.4, -0.2) is 17.5 Å². The molecule has 1 rings (SSSR count).